The summed E-state index contributed by atoms with van der Waals surface area (Å²) in [7, 11) is 0. The maximum atomic E-state index is 13.7. The summed E-state index contributed by atoms with van der Waals surface area (Å²) in [4.78, 5) is 4.06. The molecule has 1 unspecified atom stereocenters. The van der Waals surface area contributed by atoms with Gasteiger partial charge in [0.15, 0.2) is 0 Å². The normalized spacial score (nSPS) is 12.4. The summed E-state index contributed by atoms with van der Waals surface area (Å²) in [5, 5.41) is 0. The summed E-state index contributed by atoms with van der Waals surface area (Å²) in [6.45, 7) is 2.03. The summed E-state index contributed by atoms with van der Waals surface area (Å²) in [6, 6.07) is 10.6. The van der Waals surface area contributed by atoms with Crippen LogP contribution in [0.4, 0.5) is 4.39 Å². The molecule has 4 heteroatoms. The van der Waals surface area contributed by atoms with E-state index in [1.807, 2.05) is 31.2 Å². The van der Waals surface area contributed by atoms with Crippen molar-refractivity contribution in [1.82, 2.24) is 10.4 Å². The van der Waals surface area contributed by atoms with Crippen LogP contribution in [0, 0.1) is 12.7 Å². The van der Waals surface area contributed by atoms with Crippen LogP contribution in [0.5, 0.6) is 0 Å². The quantitative estimate of drug-likeness (QED) is 0.642. The highest BCUT2D eigenvalue weighted by Gasteiger charge is 2.16. The fourth-order valence-corrected chi connectivity index (χ4v) is 1.95. The molecule has 3 N–H and O–H groups in total. The average Bonchev–Trinajstić information content (AvgIpc) is 2.39. The van der Waals surface area contributed by atoms with E-state index in [0.717, 1.165) is 11.1 Å². The number of nitrogens with two attached hydrogens (primary N) is 1. The number of hydrogen-bond acceptors (Lipinski definition) is 3. The van der Waals surface area contributed by atoms with E-state index in [0.29, 0.717) is 12.1 Å². The van der Waals surface area contributed by atoms with Crippen LogP contribution in [0.2, 0.25) is 0 Å². The number of hydrogen-bond donors (Lipinski definition) is 2. The van der Waals surface area contributed by atoms with E-state index in [2.05, 4.69) is 10.4 Å². The lowest BCUT2D eigenvalue weighted by Crippen LogP contribution is -2.31. The van der Waals surface area contributed by atoms with Gasteiger partial charge in [0, 0.05) is 6.20 Å². The van der Waals surface area contributed by atoms with Crippen LogP contribution < -0.4 is 11.3 Å². The number of benzene rings is 1. The highest BCUT2D eigenvalue weighted by molar-refractivity contribution is 5.27. The molecule has 1 heterocycles. The Labute approximate surface area is 106 Å². The number of hydrazine groups is 1. The topological polar surface area (TPSA) is 50.9 Å². The Kier molecular flexibility index (Phi) is 4.02. The molecule has 1 aromatic carbocycles. The van der Waals surface area contributed by atoms with E-state index >= 15 is 0 Å². The molecule has 0 fully saturated rings. The molecule has 0 aliphatic carbocycles. The lowest BCUT2D eigenvalue weighted by atomic mass is 9.99. The Hall–Kier alpha value is -1.78. The van der Waals surface area contributed by atoms with Crippen LogP contribution in [-0.2, 0) is 6.42 Å². The predicted octanol–water partition coefficient (Wildman–Crippen LogP) is 2.28. The van der Waals surface area contributed by atoms with Crippen LogP contribution in [0.3, 0.4) is 0 Å². The van der Waals surface area contributed by atoms with Crippen molar-refractivity contribution in [2.75, 3.05) is 0 Å². The highest BCUT2D eigenvalue weighted by atomic mass is 19.1. The Balaban J connectivity index is 2.26. The first-order valence-corrected chi connectivity index (χ1v) is 5.83. The third kappa shape index (κ3) is 2.72. The van der Waals surface area contributed by atoms with Crippen molar-refractivity contribution in [1.29, 1.82) is 0 Å². The Bertz CT molecular complexity index is 528. The summed E-state index contributed by atoms with van der Waals surface area (Å²) >= 11 is 0. The molecule has 0 saturated heterocycles. The van der Waals surface area contributed by atoms with Crippen LogP contribution in [0.1, 0.15) is 22.9 Å². The van der Waals surface area contributed by atoms with E-state index in [4.69, 9.17) is 5.84 Å². The summed E-state index contributed by atoms with van der Waals surface area (Å²) in [6.07, 6.45) is 2.18. The molecule has 18 heavy (non-hydrogen) atoms. The number of nitrogens with one attached hydrogen (secondary N) is 1. The van der Waals surface area contributed by atoms with Gasteiger partial charge < -0.3 is 0 Å². The summed E-state index contributed by atoms with van der Waals surface area (Å²) < 4.78 is 13.7. The monoisotopic (exact) mass is 245 g/mol. The molecule has 0 bridgehead atoms. The number of halogens is 1. The Morgan fingerprint density at radius 2 is 2.06 bits per heavy atom. The SMILES string of the molecule is Cc1ccccc1CC(NN)c1ncccc1F. The van der Waals surface area contributed by atoms with Crippen molar-refractivity contribution in [2.24, 2.45) is 5.84 Å². The second-order valence-corrected chi connectivity index (χ2v) is 4.22. The van der Waals surface area contributed by atoms with Gasteiger partial charge >= 0.3 is 0 Å². The van der Waals surface area contributed by atoms with Gasteiger partial charge in [0.2, 0.25) is 0 Å². The molecule has 0 saturated carbocycles. The molecule has 0 aliphatic heterocycles. The number of aromatic nitrogens is 1. The van der Waals surface area contributed by atoms with Crippen LogP contribution in [-0.4, -0.2) is 4.98 Å². The first-order valence-electron chi connectivity index (χ1n) is 5.83. The summed E-state index contributed by atoms with van der Waals surface area (Å²) in [5.41, 5.74) is 5.27. The van der Waals surface area contributed by atoms with Crippen molar-refractivity contribution in [3.05, 3.63) is 65.2 Å². The molecule has 3 nitrogen and oxygen atoms in total. The van der Waals surface area contributed by atoms with Crippen molar-refractivity contribution in [3.63, 3.8) is 0 Å². The zero-order chi connectivity index (χ0) is 13.0. The van der Waals surface area contributed by atoms with E-state index in [9.17, 15) is 4.39 Å². The Morgan fingerprint density at radius 3 is 2.72 bits per heavy atom. The lowest BCUT2D eigenvalue weighted by molar-refractivity contribution is 0.494. The van der Waals surface area contributed by atoms with Gasteiger partial charge in [-0.15, -0.1) is 0 Å². The minimum atomic E-state index is -0.339. The highest BCUT2D eigenvalue weighted by Crippen LogP contribution is 2.20. The van der Waals surface area contributed by atoms with Gasteiger partial charge in [-0.3, -0.25) is 16.3 Å². The molecular formula is C14H16FN3. The van der Waals surface area contributed by atoms with Gasteiger partial charge in [-0.1, -0.05) is 24.3 Å². The van der Waals surface area contributed by atoms with Gasteiger partial charge in [0.1, 0.15) is 5.82 Å². The summed E-state index contributed by atoms with van der Waals surface area (Å²) in [5.74, 6) is 5.18. The maximum Gasteiger partial charge on any atom is 0.146 e. The van der Waals surface area contributed by atoms with E-state index in [-0.39, 0.29) is 11.9 Å². The number of nitrogens with zero attached hydrogens (tertiary/aromatic N) is 1. The van der Waals surface area contributed by atoms with Crippen LogP contribution >= 0.6 is 0 Å². The molecule has 0 radical (unpaired) electrons. The fraction of sp³-hybridized carbons (Fsp3) is 0.214. The van der Waals surface area contributed by atoms with E-state index in [1.54, 1.807) is 12.3 Å². The standard InChI is InChI=1S/C14H16FN3/c1-10-5-2-3-6-11(10)9-13(18-16)14-12(15)7-4-8-17-14/h2-8,13,18H,9,16H2,1H3. The lowest BCUT2D eigenvalue weighted by Gasteiger charge is -2.17. The first kappa shape index (κ1) is 12.7. The Morgan fingerprint density at radius 1 is 1.28 bits per heavy atom. The largest absolute Gasteiger partial charge is 0.271 e. The van der Waals surface area contributed by atoms with Crippen molar-refractivity contribution < 1.29 is 4.39 Å². The molecule has 0 aliphatic rings. The second kappa shape index (κ2) is 5.71. The minimum Gasteiger partial charge on any atom is -0.271 e. The number of aryl methyl sites for hydroxylation is 1. The zero-order valence-electron chi connectivity index (χ0n) is 10.2. The van der Waals surface area contributed by atoms with E-state index < -0.39 is 0 Å². The second-order valence-electron chi connectivity index (χ2n) is 4.22. The molecular weight excluding hydrogens is 229 g/mol. The molecule has 0 spiro atoms. The van der Waals surface area contributed by atoms with Gasteiger partial charge in [-0.2, -0.15) is 0 Å². The maximum absolute atomic E-state index is 13.7. The molecule has 94 valence electrons. The molecule has 2 aromatic rings. The van der Waals surface area contributed by atoms with Crippen LogP contribution in [0.15, 0.2) is 42.6 Å². The molecule has 2 rings (SSSR count). The smallest absolute Gasteiger partial charge is 0.146 e. The molecule has 0 amide bonds. The third-order valence-corrected chi connectivity index (χ3v) is 3.00. The number of rotatable bonds is 4. The van der Waals surface area contributed by atoms with Gasteiger partial charge in [0.05, 0.1) is 11.7 Å². The van der Waals surface area contributed by atoms with Crippen molar-refractivity contribution in [3.8, 4) is 0 Å². The molecule has 1 atom stereocenters. The minimum absolute atomic E-state index is 0.327. The van der Waals surface area contributed by atoms with Crippen molar-refractivity contribution in [2.45, 2.75) is 19.4 Å². The molecule has 1 aromatic heterocycles. The van der Waals surface area contributed by atoms with Crippen molar-refractivity contribution >= 4 is 0 Å². The van der Waals surface area contributed by atoms with Crippen LogP contribution in [0.25, 0.3) is 0 Å². The average molecular weight is 245 g/mol. The third-order valence-electron chi connectivity index (χ3n) is 3.00. The van der Waals surface area contributed by atoms with Gasteiger partial charge in [-0.05, 0) is 36.6 Å². The zero-order valence-corrected chi connectivity index (χ0v) is 10.2. The fourth-order valence-electron chi connectivity index (χ4n) is 1.95. The van der Waals surface area contributed by atoms with E-state index in [1.165, 1.54) is 6.07 Å². The number of pyridine rings is 1. The first-order chi connectivity index (χ1) is 8.72. The van der Waals surface area contributed by atoms with Gasteiger partial charge in [-0.25, -0.2) is 4.39 Å². The van der Waals surface area contributed by atoms with Gasteiger partial charge in [0.25, 0.3) is 0 Å². The predicted molar refractivity (Wildman–Crippen MR) is 69.1 cm³/mol.